The van der Waals surface area contributed by atoms with E-state index in [0.717, 1.165) is 12.8 Å². The summed E-state index contributed by atoms with van der Waals surface area (Å²) in [7, 11) is 0. The first kappa shape index (κ1) is 12.8. The van der Waals surface area contributed by atoms with Gasteiger partial charge in [-0.2, -0.15) is 0 Å². The Bertz CT molecular complexity index is 371. The van der Waals surface area contributed by atoms with Gasteiger partial charge in [0.25, 0.3) is 0 Å². The van der Waals surface area contributed by atoms with Crippen LogP contribution in [0.3, 0.4) is 0 Å². The van der Waals surface area contributed by atoms with E-state index in [1.165, 1.54) is 12.1 Å². The first-order valence-electron chi connectivity index (χ1n) is 5.13. The molecule has 0 saturated heterocycles. The number of urea groups is 1. The lowest BCUT2D eigenvalue weighted by atomic mass is 10.3. The lowest BCUT2D eigenvalue weighted by Gasteiger charge is -2.07. The maximum atomic E-state index is 13.0. The molecule has 2 amide bonds. The molecule has 1 aromatic carbocycles. The molecule has 0 bridgehead atoms. The molecule has 88 valence electrons. The largest absolute Gasteiger partial charge is 0.338 e. The van der Waals surface area contributed by atoms with Crippen molar-refractivity contribution in [2.45, 2.75) is 19.8 Å². The molecule has 0 aromatic heterocycles. The quantitative estimate of drug-likeness (QED) is 0.783. The zero-order valence-electron chi connectivity index (χ0n) is 9.02. The van der Waals surface area contributed by atoms with Crippen molar-refractivity contribution >= 4 is 23.3 Å². The third kappa shape index (κ3) is 4.06. The lowest BCUT2D eigenvalue weighted by molar-refractivity contribution is 0.252. The normalized spacial score (nSPS) is 9.94. The highest BCUT2D eigenvalue weighted by Gasteiger charge is 2.04. The number of rotatable bonds is 4. The molecule has 2 N–H and O–H groups in total. The molecule has 0 heterocycles. The van der Waals surface area contributed by atoms with Crippen molar-refractivity contribution in [1.29, 1.82) is 0 Å². The van der Waals surface area contributed by atoms with Crippen molar-refractivity contribution in [3.63, 3.8) is 0 Å². The van der Waals surface area contributed by atoms with Gasteiger partial charge in [0, 0.05) is 12.2 Å². The maximum absolute atomic E-state index is 13.0. The number of hydrogen-bond donors (Lipinski definition) is 2. The van der Waals surface area contributed by atoms with Crippen molar-refractivity contribution in [3.05, 3.63) is 29.0 Å². The van der Waals surface area contributed by atoms with E-state index in [2.05, 4.69) is 10.6 Å². The monoisotopic (exact) mass is 244 g/mol. The Labute approximate surface area is 99.0 Å². The zero-order chi connectivity index (χ0) is 12.0. The zero-order valence-corrected chi connectivity index (χ0v) is 9.77. The molecule has 1 rings (SSSR count). The number of halogens is 2. The fraction of sp³-hybridized carbons (Fsp3) is 0.364. The summed E-state index contributed by atoms with van der Waals surface area (Å²) in [6, 6.07) is 3.79. The Morgan fingerprint density at radius 2 is 2.25 bits per heavy atom. The van der Waals surface area contributed by atoms with Crippen LogP contribution in [0, 0.1) is 5.82 Å². The van der Waals surface area contributed by atoms with Crippen LogP contribution in [0.1, 0.15) is 19.8 Å². The van der Waals surface area contributed by atoms with Crippen molar-refractivity contribution in [2.75, 3.05) is 11.9 Å². The van der Waals surface area contributed by atoms with Gasteiger partial charge >= 0.3 is 6.03 Å². The van der Waals surface area contributed by atoms with E-state index in [-0.39, 0.29) is 11.1 Å². The fourth-order valence-corrected chi connectivity index (χ4v) is 1.25. The van der Waals surface area contributed by atoms with Crippen LogP contribution in [0.15, 0.2) is 18.2 Å². The number of benzene rings is 1. The summed E-state index contributed by atoms with van der Waals surface area (Å²) in [5, 5.41) is 5.22. The van der Waals surface area contributed by atoms with E-state index in [1.807, 2.05) is 6.92 Å². The minimum Gasteiger partial charge on any atom is -0.338 e. The van der Waals surface area contributed by atoms with Crippen LogP contribution in [-0.2, 0) is 0 Å². The van der Waals surface area contributed by atoms with Gasteiger partial charge < -0.3 is 10.6 Å². The van der Waals surface area contributed by atoms with Gasteiger partial charge in [0.05, 0.1) is 5.02 Å². The van der Waals surface area contributed by atoms with Crippen LogP contribution >= 0.6 is 11.6 Å². The second-order valence-corrected chi connectivity index (χ2v) is 3.77. The number of amides is 2. The van der Waals surface area contributed by atoms with E-state index < -0.39 is 5.82 Å². The van der Waals surface area contributed by atoms with Crippen LogP contribution in [0.4, 0.5) is 14.9 Å². The van der Waals surface area contributed by atoms with Crippen LogP contribution in [0.5, 0.6) is 0 Å². The van der Waals surface area contributed by atoms with Crippen molar-refractivity contribution in [3.8, 4) is 0 Å². The van der Waals surface area contributed by atoms with E-state index in [4.69, 9.17) is 11.6 Å². The first-order valence-corrected chi connectivity index (χ1v) is 5.51. The predicted molar refractivity (Wildman–Crippen MR) is 63.3 cm³/mol. The van der Waals surface area contributed by atoms with Crippen LogP contribution in [-0.4, -0.2) is 12.6 Å². The Morgan fingerprint density at radius 3 is 2.88 bits per heavy atom. The summed E-state index contributed by atoms with van der Waals surface area (Å²) in [5.74, 6) is -0.548. The first-order chi connectivity index (χ1) is 7.63. The van der Waals surface area contributed by atoms with Gasteiger partial charge in [0.1, 0.15) is 5.82 Å². The van der Waals surface area contributed by atoms with Crippen molar-refractivity contribution in [1.82, 2.24) is 5.32 Å². The second kappa shape index (κ2) is 6.33. The van der Waals surface area contributed by atoms with Crippen LogP contribution in [0.2, 0.25) is 5.02 Å². The van der Waals surface area contributed by atoms with Gasteiger partial charge in [-0.15, -0.1) is 0 Å². The summed E-state index contributed by atoms with van der Waals surface area (Å²) in [6.45, 7) is 2.65. The number of anilines is 1. The maximum Gasteiger partial charge on any atom is 0.319 e. The molecule has 0 radical (unpaired) electrons. The molecule has 0 aliphatic heterocycles. The summed E-state index contributed by atoms with van der Waals surface area (Å²) in [5.41, 5.74) is 0.385. The highest BCUT2D eigenvalue weighted by Crippen LogP contribution is 2.18. The molecule has 0 atom stereocenters. The lowest BCUT2D eigenvalue weighted by Crippen LogP contribution is -2.29. The molecule has 3 nitrogen and oxygen atoms in total. The second-order valence-electron chi connectivity index (χ2n) is 3.36. The number of carbonyl (C=O) groups is 1. The molecular weight excluding hydrogens is 231 g/mol. The predicted octanol–water partition coefficient (Wildman–Crippen LogP) is 3.40. The molecular formula is C11H14ClFN2O. The summed E-state index contributed by atoms with van der Waals surface area (Å²) in [4.78, 5) is 11.3. The number of carbonyl (C=O) groups excluding carboxylic acids is 1. The van der Waals surface area contributed by atoms with Gasteiger partial charge in [-0.1, -0.05) is 24.9 Å². The van der Waals surface area contributed by atoms with Gasteiger partial charge in [0.2, 0.25) is 0 Å². The van der Waals surface area contributed by atoms with Gasteiger partial charge in [-0.05, 0) is 24.6 Å². The van der Waals surface area contributed by atoms with Crippen molar-refractivity contribution in [2.24, 2.45) is 0 Å². The average Bonchev–Trinajstić information content (AvgIpc) is 2.24. The Hall–Kier alpha value is -1.29. The van der Waals surface area contributed by atoms with Gasteiger partial charge in [-0.3, -0.25) is 0 Å². The number of nitrogens with one attached hydrogen (secondary N) is 2. The summed E-state index contributed by atoms with van der Waals surface area (Å²) < 4.78 is 13.0. The number of unbranched alkanes of at least 4 members (excludes halogenated alkanes) is 1. The average molecular weight is 245 g/mol. The van der Waals surface area contributed by atoms with Crippen LogP contribution in [0.25, 0.3) is 0 Å². The van der Waals surface area contributed by atoms with E-state index >= 15 is 0 Å². The molecule has 0 spiro atoms. The molecule has 0 unspecified atom stereocenters. The summed E-state index contributed by atoms with van der Waals surface area (Å²) >= 11 is 5.52. The van der Waals surface area contributed by atoms with Gasteiger partial charge in [-0.25, -0.2) is 9.18 Å². The van der Waals surface area contributed by atoms with Crippen molar-refractivity contribution < 1.29 is 9.18 Å². The molecule has 0 fully saturated rings. The molecule has 5 heteroatoms. The summed E-state index contributed by atoms with van der Waals surface area (Å²) in [6.07, 6.45) is 1.93. The van der Waals surface area contributed by atoms with E-state index in [0.29, 0.717) is 12.2 Å². The third-order valence-corrected chi connectivity index (χ3v) is 2.30. The van der Waals surface area contributed by atoms with E-state index in [9.17, 15) is 9.18 Å². The molecule has 0 aliphatic rings. The third-order valence-electron chi connectivity index (χ3n) is 1.99. The van der Waals surface area contributed by atoms with Gasteiger partial charge in [0.15, 0.2) is 0 Å². The molecule has 1 aromatic rings. The Balaban J connectivity index is 2.46. The topological polar surface area (TPSA) is 41.1 Å². The smallest absolute Gasteiger partial charge is 0.319 e. The molecule has 0 saturated carbocycles. The molecule has 0 aliphatic carbocycles. The highest BCUT2D eigenvalue weighted by molar-refractivity contribution is 6.30. The number of hydrogen-bond acceptors (Lipinski definition) is 1. The Morgan fingerprint density at radius 1 is 1.50 bits per heavy atom. The highest BCUT2D eigenvalue weighted by atomic mass is 35.5. The fourth-order valence-electron chi connectivity index (χ4n) is 1.13. The standard InChI is InChI=1S/C11H14ClFN2O/c1-2-3-6-14-11(16)15-8-4-5-9(12)10(13)7-8/h4-5,7H,2-3,6H2,1H3,(H2,14,15,16). The van der Waals surface area contributed by atoms with Crippen LogP contribution < -0.4 is 10.6 Å². The van der Waals surface area contributed by atoms with E-state index in [1.54, 1.807) is 6.07 Å². The Kier molecular flexibility index (Phi) is 5.05. The SMILES string of the molecule is CCCCNC(=O)Nc1ccc(Cl)c(F)c1. The molecule has 16 heavy (non-hydrogen) atoms. The minimum atomic E-state index is -0.548. The minimum absolute atomic E-state index is 0.0388.